The zero-order chi connectivity index (χ0) is 18.1. The van der Waals surface area contributed by atoms with Crippen molar-refractivity contribution in [3.63, 3.8) is 0 Å². The summed E-state index contributed by atoms with van der Waals surface area (Å²) in [5, 5.41) is 0. The van der Waals surface area contributed by atoms with Crippen molar-refractivity contribution in [2.75, 3.05) is 0 Å². The molecule has 1 rings (SSSR count). The first kappa shape index (κ1) is 20.1. The molecule has 0 fully saturated rings. The van der Waals surface area contributed by atoms with Crippen LogP contribution in [0.2, 0.25) is 0 Å². The number of hydrogen-bond donors (Lipinski definition) is 0. The Kier molecular flexibility index (Phi) is 8.37. The summed E-state index contributed by atoms with van der Waals surface area (Å²) in [7, 11) is 0. The molecule has 0 saturated carbocycles. The van der Waals surface area contributed by atoms with Crippen LogP contribution in [0.3, 0.4) is 0 Å². The summed E-state index contributed by atoms with van der Waals surface area (Å²) in [4.78, 5) is 12.7. The van der Waals surface area contributed by atoms with Crippen LogP contribution in [0.4, 0.5) is 0 Å². The fraction of sp³-hybridized carbons (Fsp3) is 0.381. The van der Waals surface area contributed by atoms with Crippen LogP contribution in [0.1, 0.15) is 45.1 Å². The van der Waals surface area contributed by atoms with Gasteiger partial charge in [-0.05, 0) is 42.5 Å². The maximum Gasteiger partial charge on any atom is 0.315 e. The fourth-order valence-corrected chi connectivity index (χ4v) is 2.67. The van der Waals surface area contributed by atoms with Crippen molar-refractivity contribution in [3.8, 4) is 24.7 Å². The van der Waals surface area contributed by atoms with E-state index in [0.717, 1.165) is 22.0 Å². The van der Waals surface area contributed by atoms with Crippen molar-refractivity contribution in [2.24, 2.45) is 5.92 Å². The molecule has 0 bridgehead atoms. The normalized spacial score (nSPS) is 13.7. The standard InChI is InChI=1S/C21H23BrO2/c1-6-8-9-10-16(5)19(7-2)24-21(23)20(15(3)4)17-11-13-18(22)14-12-17/h1-2,10-15,19-20H,8-9H2,3-5H3. The maximum absolute atomic E-state index is 12.7. The number of rotatable bonds is 7. The number of carbonyl (C=O) groups is 1. The Bertz CT molecular complexity index is 657. The number of terminal acetylenes is 2. The highest BCUT2D eigenvalue weighted by atomic mass is 79.9. The molecular formula is C21H23BrO2. The summed E-state index contributed by atoms with van der Waals surface area (Å²) in [6, 6.07) is 7.69. The van der Waals surface area contributed by atoms with E-state index in [0.29, 0.717) is 6.42 Å². The Hall–Kier alpha value is -1.97. The summed E-state index contributed by atoms with van der Waals surface area (Å²) >= 11 is 3.40. The van der Waals surface area contributed by atoms with Crippen molar-refractivity contribution in [1.82, 2.24) is 0 Å². The Morgan fingerprint density at radius 3 is 2.42 bits per heavy atom. The molecule has 0 aromatic heterocycles. The number of unbranched alkanes of at least 4 members (excludes halogenated alkanes) is 1. The zero-order valence-electron chi connectivity index (χ0n) is 14.4. The number of esters is 1. The van der Waals surface area contributed by atoms with Crippen molar-refractivity contribution >= 4 is 21.9 Å². The molecule has 0 spiro atoms. The Labute approximate surface area is 153 Å². The van der Waals surface area contributed by atoms with Gasteiger partial charge >= 0.3 is 5.97 Å². The third-order valence-electron chi connectivity index (χ3n) is 3.70. The van der Waals surface area contributed by atoms with Crippen LogP contribution in [0.15, 0.2) is 40.4 Å². The summed E-state index contributed by atoms with van der Waals surface area (Å²) in [5.41, 5.74) is 1.75. The van der Waals surface area contributed by atoms with Crippen molar-refractivity contribution in [2.45, 2.75) is 45.6 Å². The van der Waals surface area contributed by atoms with Gasteiger partial charge in [0.15, 0.2) is 6.10 Å². The van der Waals surface area contributed by atoms with Crippen LogP contribution in [0.5, 0.6) is 0 Å². The molecule has 1 aromatic carbocycles. The second-order valence-corrected chi connectivity index (χ2v) is 6.86. The van der Waals surface area contributed by atoms with E-state index in [9.17, 15) is 4.79 Å². The number of hydrogen-bond acceptors (Lipinski definition) is 2. The molecule has 126 valence electrons. The zero-order valence-corrected chi connectivity index (χ0v) is 16.0. The van der Waals surface area contributed by atoms with Gasteiger partial charge in [-0.15, -0.1) is 18.8 Å². The van der Waals surface area contributed by atoms with Crippen molar-refractivity contribution in [1.29, 1.82) is 0 Å². The molecule has 0 aliphatic heterocycles. The predicted molar refractivity (Wildman–Crippen MR) is 102 cm³/mol. The van der Waals surface area contributed by atoms with Crippen molar-refractivity contribution < 1.29 is 9.53 Å². The molecular weight excluding hydrogens is 364 g/mol. The highest BCUT2D eigenvalue weighted by Gasteiger charge is 2.28. The topological polar surface area (TPSA) is 26.3 Å². The van der Waals surface area contributed by atoms with Crippen LogP contribution in [-0.2, 0) is 9.53 Å². The van der Waals surface area contributed by atoms with Gasteiger partial charge in [0.1, 0.15) is 0 Å². The summed E-state index contributed by atoms with van der Waals surface area (Å²) < 4.78 is 6.56. The lowest BCUT2D eigenvalue weighted by Crippen LogP contribution is -2.26. The van der Waals surface area contributed by atoms with E-state index in [2.05, 4.69) is 27.8 Å². The van der Waals surface area contributed by atoms with E-state index in [-0.39, 0.29) is 17.8 Å². The molecule has 0 radical (unpaired) electrons. The second kappa shape index (κ2) is 10.0. The minimum Gasteiger partial charge on any atom is -0.444 e. The quantitative estimate of drug-likeness (QED) is 0.282. The van der Waals surface area contributed by atoms with Crippen LogP contribution in [-0.4, -0.2) is 12.1 Å². The third-order valence-corrected chi connectivity index (χ3v) is 4.23. The fourth-order valence-electron chi connectivity index (χ4n) is 2.40. The van der Waals surface area contributed by atoms with Gasteiger partial charge in [0.25, 0.3) is 0 Å². The van der Waals surface area contributed by atoms with Gasteiger partial charge in [0, 0.05) is 10.9 Å². The molecule has 2 atom stereocenters. The number of benzene rings is 1. The van der Waals surface area contributed by atoms with E-state index in [1.54, 1.807) is 0 Å². The van der Waals surface area contributed by atoms with E-state index in [1.807, 2.05) is 51.1 Å². The van der Waals surface area contributed by atoms with Crippen LogP contribution in [0.25, 0.3) is 0 Å². The number of halogens is 1. The van der Waals surface area contributed by atoms with Gasteiger partial charge in [0.05, 0.1) is 5.92 Å². The SMILES string of the molecule is C#CCCC=C(C)C(C#C)OC(=O)C(c1ccc(Br)cc1)C(C)C. The molecule has 0 N–H and O–H groups in total. The minimum absolute atomic E-state index is 0.0998. The van der Waals surface area contributed by atoms with Crippen molar-refractivity contribution in [3.05, 3.63) is 46.0 Å². The van der Waals surface area contributed by atoms with Crippen LogP contribution < -0.4 is 0 Å². The largest absolute Gasteiger partial charge is 0.444 e. The number of carbonyl (C=O) groups excluding carboxylic acids is 1. The molecule has 0 amide bonds. The van der Waals surface area contributed by atoms with Gasteiger partial charge in [-0.25, -0.2) is 0 Å². The molecule has 2 unspecified atom stereocenters. The smallest absolute Gasteiger partial charge is 0.315 e. The molecule has 0 saturated heterocycles. The summed E-state index contributed by atoms with van der Waals surface area (Å²) in [6.45, 7) is 5.85. The monoisotopic (exact) mass is 386 g/mol. The lowest BCUT2D eigenvalue weighted by molar-refractivity contribution is -0.148. The highest BCUT2D eigenvalue weighted by molar-refractivity contribution is 9.10. The molecule has 2 nitrogen and oxygen atoms in total. The molecule has 1 aromatic rings. The van der Waals surface area contributed by atoms with E-state index < -0.39 is 6.10 Å². The van der Waals surface area contributed by atoms with Gasteiger partial charge in [0.2, 0.25) is 0 Å². The van der Waals surface area contributed by atoms with Gasteiger partial charge in [-0.2, -0.15) is 0 Å². The molecule has 24 heavy (non-hydrogen) atoms. The first-order valence-corrected chi connectivity index (χ1v) is 8.72. The van der Waals surface area contributed by atoms with Crippen LogP contribution in [0, 0.1) is 30.6 Å². The molecule has 0 aliphatic rings. The van der Waals surface area contributed by atoms with E-state index >= 15 is 0 Å². The van der Waals surface area contributed by atoms with Gasteiger partial charge in [-0.3, -0.25) is 4.79 Å². The lowest BCUT2D eigenvalue weighted by atomic mass is 9.88. The van der Waals surface area contributed by atoms with Gasteiger partial charge in [-0.1, -0.05) is 53.9 Å². The number of ether oxygens (including phenoxy) is 1. The predicted octanol–water partition coefficient (Wildman–Crippen LogP) is 5.09. The van der Waals surface area contributed by atoms with Gasteiger partial charge < -0.3 is 4.74 Å². The summed E-state index contributed by atoms with van der Waals surface area (Å²) in [6.07, 6.45) is 13.4. The maximum atomic E-state index is 12.7. The Balaban J connectivity index is 2.91. The van der Waals surface area contributed by atoms with E-state index in [1.165, 1.54) is 0 Å². The molecule has 3 heteroatoms. The lowest BCUT2D eigenvalue weighted by Gasteiger charge is -2.22. The minimum atomic E-state index is -0.660. The molecule has 0 aliphatic carbocycles. The Morgan fingerprint density at radius 2 is 1.92 bits per heavy atom. The third kappa shape index (κ3) is 5.91. The molecule has 0 heterocycles. The highest BCUT2D eigenvalue weighted by Crippen LogP contribution is 2.28. The average Bonchev–Trinajstić information content (AvgIpc) is 2.54. The second-order valence-electron chi connectivity index (χ2n) is 5.95. The first-order chi connectivity index (χ1) is 11.4. The summed E-state index contributed by atoms with van der Waals surface area (Å²) in [5.74, 6) is 4.56. The van der Waals surface area contributed by atoms with E-state index in [4.69, 9.17) is 17.6 Å². The number of allylic oxidation sites excluding steroid dienone is 1. The van der Waals surface area contributed by atoms with Crippen LogP contribution >= 0.6 is 15.9 Å². The Morgan fingerprint density at radius 1 is 1.29 bits per heavy atom. The first-order valence-electron chi connectivity index (χ1n) is 7.92. The average molecular weight is 387 g/mol.